The summed E-state index contributed by atoms with van der Waals surface area (Å²) in [6.07, 6.45) is -0.303. The van der Waals surface area contributed by atoms with E-state index in [0.717, 1.165) is 72.0 Å². The van der Waals surface area contributed by atoms with Crippen molar-refractivity contribution in [3.8, 4) is 22.3 Å². The van der Waals surface area contributed by atoms with E-state index in [-0.39, 0.29) is 6.17 Å². The maximum atomic E-state index is 6.78. The summed E-state index contributed by atoms with van der Waals surface area (Å²) >= 11 is 0. The number of nitrogens with one attached hydrogen (secondary N) is 1. The van der Waals surface area contributed by atoms with Gasteiger partial charge in [0, 0.05) is 32.8 Å². The summed E-state index contributed by atoms with van der Waals surface area (Å²) in [5.41, 5.74) is 9.54. The molecule has 3 heterocycles. The molecule has 9 aromatic rings. The number of amidine groups is 2. The summed E-state index contributed by atoms with van der Waals surface area (Å²) in [5, 5.41) is 9.13. The summed E-state index contributed by atoms with van der Waals surface area (Å²) in [4.78, 5) is 15.3. The lowest BCUT2D eigenvalue weighted by atomic mass is 9.91. The van der Waals surface area contributed by atoms with Crippen molar-refractivity contribution in [3.05, 3.63) is 187 Å². The Hall–Kier alpha value is -6.85. The van der Waals surface area contributed by atoms with Crippen LogP contribution in [-0.4, -0.2) is 16.7 Å². The average molecular weight is 655 g/mol. The molecule has 5 nitrogen and oxygen atoms in total. The van der Waals surface area contributed by atoms with E-state index in [4.69, 9.17) is 19.4 Å². The van der Waals surface area contributed by atoms with Gasteiger partial charge in [-0.05, 0) is 57.3 Å². The zero-order valence-corrected chi connectivity index (χ0v) is 27.5. The molecule has 240 valence electrons. The number of furan rings is 1. The molecule has 1 atom stereocenters. The second kappa shape index (κ2) is 11.9. The molecule has 51 heavy (non-hydrogen) atoms. The first-order valence-electron chi connectivity index (χ1n) is 17.1. The molecule has 1 aliphatic heterocycles. The highest BCUT2D eigenvalue weighted by molar-refractivity contribution is 6.21. The first-order valence-corrected chi connectivity index (χ1v) is 17.1. The maximum Gasteiger partial charge on any atom is 0.227 e. The van der Waals surface area contributed by atoms with Crippen LogP contribution in [0, 0.1) is 0 Å². The lowest BCUT2D eigenvalue weighted by Gasteiger charge is -2.25. The number of benzene rings is 7. The number of para-hydroxylation sites is 1. The molecule has 0 bridgehead atoms. The van der Waals surface area contributed by atoms with Crippen LogP contribution in [0.5, 0.6) is 0 Å². The normalized spacial score (nSPS) is 14.5. The largest absolute Gasteiger partial charge is 0.437 e. The zero-order valence-electron chi connectivity index (χ0n) is 27.5. The van der Waals surface area contributed by atoms with Crippen molar-refractivity contribution >= 4 is 55.4 Å². The van der Waals surface area contributed by atoms with Gasteiger partial charge in [0.15, 0.2) is 5.84 Å². The molecule has 1 unspecified atom stereocenters. The van der Waals surface area contributed by atoms with Crippen molar-refractivity contribution in [2.24, 2.45) is 9.98 Å². The quantitative estimate of drug-likeness (QED) is 0.201. The molecular weight excluding hydrogens is 625 g/mol. The topological polar surface area (TPSA) is 62.8 Å². The van der Waals surface area contributed by atoms with Crippen LogP contribution in [0.2, 0.25) is 0 Å². The third kappa shape index (κ3) is 5.06. The van der Waals surface area contributed by atoms with Crippen LogP contribution >= 0.6 is 0 Å². The van der Waals surface area contributed by atoms with E-state index in [1.807, 2.05) is 48.5 Å². The molecule has 10 rings (SSSR count). The van der Waals surface area contributed by atoms with Gasteiger partial charge in [0.2, 0.25) is 5.71 Å². The van der Waals surface area contributed by atoms with Crippen molar-refractivity contribution in [2.45, 2.75) is 6.17 Å². The Morgan fingerprint density at radius 3 is 2.04 bits per heavy atom. The van der Waals surface area contributed by atoms with Gasteiger partial charge in [-0.15, -0.1) is 0 Å². The Balaban J connectivity index is 1.21. The van der Waals surface area contributed by atoms with Gasteiger partial charge in [-0.3, -0.25) is 0 Å². The highest BCUT2D eigenvalue weighted by Crippen LogP contribution is 2.43. The third-order valence-electron chi connectivity index (χ3n) is 9.74. The number of nitrogens with zero attached hydrogens (tertiary/aromatic N) is 3. The Kier molecular flexibility index (Phi) is 6.81. The highest BCUT2D eigenvalue weighted by Gasteiger charge is 2.25. The Morgan fingerprint density at radius 2 is 1.20 bits per heavy atom. The number of rotatable bonds is 5. The molecule has 0 aliphatic carbocycles. The van der Waals surface area contributed by atoms with Gasteiger partial charge in [0.25, 0.3) is 0 Å². The van der Waals surface area contributed by atoms with Gasteiger partial charge in [-0.1, -0.05) is 146 Å². The number of pyridine rings is 1. The molecular formula is C46H30N4O. The van der Waals surface area contributed by atoms with Crippen molar-refractivity contribution in [3.63, 3.8) is 0 Å². The van der Waals surface area contributed by atoms with Crippen LogP contribution in [0.25, 0.3) is 66.0 Å². The monoisotopic (exact) mass is 654 g/mol. The SMILES string of the molecule is c1ccc(C2=NC(c3ccccc3)NC(c3ccccc3-c3ccc(-c4ccc5ccccc5c4)c4oc5nc6ccccc6cc5c34)=N2)cc1. The third-order valence-corrected chi connectivity index (χ3v) is 9.74. The predicted molar refractivity (Wildman–Crippen MR) is 209 cm³/mol. The van der Waals surface area contributed by atoms with E-state index in [9.17, 15) is 0 Å². The van der Waals surface area contributed by atoms with Gasteiger partial charge < -0.3 is 9.73 Å². The number of fused-ring (bicyclic) bond motifs is 5. The molecule has 0 spiro atoms. The standard InChI is InChI=1S/C46H30N4O/c1-3-14-30(15-4-1)43-48-44(31-16-5-2-6-17-31)50-45(49-43)38-21-11-10-20-36(38)37-26-25-35(33-24-23-29-13-7-8-18-32(29)27-33)42-41(37)39-28-34-19-9-12-22-40(34)47-46(39)51-42/h1-28,43H,(H,48,49,50). The molecule has 5 heteroatoms. The lowest BCUT2D eigenvalue weighted by molar-refractivity contribution is 0.657. The molecule has 7 aromatic carbocycles. The van der Waals surface area contributed by atoms with Gasteiger partial charge in [-0.25, -0.2) is 15.0 Å². The van der Waals surface area contributed by atoms with E-state index >= 15 is 0 Å². The summed E-state index contributed by atoms with van der Waals surface area (Å²) in [7, 11) is 0. The van der Waals surface area contributed by atoms with Crippen molar-refractivity contribution < 1.29 is 4.42 Å². The Morgan fingerprint density at radius 1 is 0.510 bits per heavy atom. The number of hydrogen-bond donors (Lipinski definition) is 1. The predicted octanol–water partition coefficient (Wildman–Crippen LogP) is 11.1. The van der Waals surface area contributed by atoms with E-state index in [0.29, 0.717) is 11.5 Å². The van der Waals surface area contributed by atoms with Crippen LogP contribution < -0.4 is 5.32 Å². The van der Waals surface area contributed by atoms with E-state index in [1.54, 1.807) is 0 Å². The first-order chi connectivity index (χ1) is 25.3. The summed E-state index contributed by atoms with van der Waals surface area (Å²) in [6, 6.07) is 58.8. The van der Waals surface area contributed by atoms with Crippen LogP contribution in [0.3, 0.4) is 0 Å². The second-order valence-corrected chi connectivity index (χ2v) is 12.8. The van der Waals surface area contributed by atoms with Crippen LogP contribution in [-0.2, 0) is 0 Å². The molecule has 0 saturated carbocycles. The molecule has 0 fully saturated rings. The minimum atomic E-state index is -0.303. The summed E-state index contributed by atoms with van der Waals surface area (Å²) in [6.45, 7) is 0. The van der Waals surface area contributed by atoms with Crippen LogP contribution in [0.1, 0.15) is 22.9 Å². The molecule has 1 aliphatic rings. The number of hydrogen-bond acceptors (Lipinski definition) is 5. The van der Waals surface area contributed by atoms with E-state index in [2.05, 4.69) is 127 Å². The van der Waals surface area contributed by atoms with E-state index in [1.165, 1.54) is 10.8 Å². The number of aromatic nitrogens is 1. The minimum Gasteiger partial charge on any atom is -0.437 e. The maximum absolute atomic E-state index is 6.78. The van der Waals surface area contributed by atoms with Gasteiger partial charge >= 0.3 is 0 Å². The molecule has 0 amide bonds. The van der Waals surface area contributed by atoms with Gasteiger partial charge in [-0.2, -0.15) is 0 Å². The summed E-state index contributed by atoms with van der Waals surface area (Å²) < 4.78 is 6.78. The zero-order chi connectivity index (χ0) is 33.7. The second-order valence-electron chi connectivity index (χ2n) is 12.8. The Labute approximate surface area is 294 Å². The van der Waals surface area contributed by atoms with Crippen molar-refractivity contribution in [1.82, 2.24) is 10.3 Å². The minimum absolute atomic E-state index is 0.303. The fourth-order valence-corrected chi connectivity index (χ4v) is 7.25. The molecule has 0 saturated heterocycles. The van der Waals surface area contributed by atoms with Crippen molar-refractivity contribution in [1.29, 1.82) is 0 Å². The highest BCUT2D eigenvalue weighted by atomic mass is 16.3. The van der Waals surface area contributed by atoms with Crippen LogP contribution in [0.4, 0.5) is 0 Å². The average Bonchev–Trinajstić information content (AvgIpc) is 3.58. The smallest absolute Gasteiger partial charge is 0.227 e. The fraction of sp³-hybridized carbons (Fsp3) is 0.0217. The van der Waals surface area contributed by atoms with E-state index < -0.39 is 0 Å². The van der Waals surface area contributed by atoms with Crippen LogP contribution in [0.15, 0.2) is 184 Å². The van der Waals surface area contributed by atoms with Gasteiger partial charge in [0.1, 0.15) is 17.6 Å². The van der Waals surface area contributed by atoms with Crippen molar-refractivity contribution in [2.75, 3.05) is 0 Å². The molecule has 2 aromatic heterocycles. The summed E-state index contributed by atoms with van der Waals surface area (Å²) in [5.74, 6) is 1.45. The lowest BCUT2D eigenvalue weighted by Crippen LogP contribution is -2.33. The fourth-order valence-electron chi connectivity index (χ4n) is 7.25. The first kappa shape index (κ1) is 29.1. The molecule has 0 radical (unpaired) electrons. The molecule has 1 N–H and O–H groups in total. The Bertz CT molecular complexity index is 2840. The number of aliphatic imine (C=N–C) groups is 2. The van der Waals surface area contributed by atoms with Gasteiger partial charge in [0.05, 0.1) is 5.52 Å².